The maximum atomic E-state index is 5.78. The second-order valence-electron chi connectivity index (χ2n) is 5.83. The van der Waals surface area contributed by atoms with E-state index in [-0.39, 0.29) is 11.9 Å². The third-order valence-electron chi connectivity index (χ3n) is 3.64. The number of hydrogen-bond acceptors (Lipinski definition) is 3. The van der Waals surface area contributed by atoms with Crippen molar-refractivity contribution in [3.63, 3.8) is 0 Å². The first-order valence-corrected chi connectivity index (χ1v) is 6.60. The van der Waals surface area contributed by atoms with E-state index in [2.05, 4.69) is 12.2 Å². The minimum absolute atomic E-state index is 0.229. The van der Waals surface area contributed by atoms with Crippen LogP contribution in [0.2, 0.25) is 0 Å². The first-order valence-electron chi connectivity index (χ1n) is 6.60. The lowest BCUT2D eigenvalue weighted by Gasteiger charge is -2.28. The van der Waals surface area contributed by atoms with E-state index in [9.17, 15) is 0 Å². The highest BCUT2D eigenvalue weighted by Gasteiger charge is 2.32. The summed E-state index contributed by atoms with van der Waals surface area (Å²) >= 11 is 0. The van der Waals surface area contributed by atoms with Crippen LogP contribution in [0.3, 0.4) is 0 Å². The fourth-order valence-corrected chi connectivity index (χ4v) is 2.78. The van der Waals surface area contributed by atoms with Gasteiger partial charge >= 0.3 is 0 Å². The highest BCUT2D eigenvalue weighted by atomic mass is 16.7. The van der Waals surface area contributed by atoms with Crippen LogP contribution in [0.5, 0.6) is 0 Å². The zero-order chi connectivity index (χ0) is 11.6. The lowest BCUT2D eigenvalue weighted by Crippen LogP contribution is -2.39. The molecule has 94 valence electrons. The van der Waals surface area contributed by atoms with Crippen molar-refractivity contribution >= 4 is 0 Å². The molecular weight excluding hydrogens is 202 g/mol. The van der Waals surface area contributed by atoms with Gasteiger partial charge in [-0.05, 0) is 32.6 Å². The van der Waals surface area contributed by atoms with Gasteiger partial charge in [-0.15, -0.1) is 0 Å². The molecule has 3 heteroatoms. The lowest BCUT2D eigenvalue weighted by molar-refractivity contribution is -0.138. The first-order chi connectivity index (χ1) is 7.55. The van der Waals surface area contributed by atoms with E-state index in [1.54, 1.807) is 0 Å². The van der Waals surface area contributed by atoms with Crippen LogP contribution in [0.4, 0.5) is 0 Å². The summed E-state index contributed by atoms with van der Waals surface area (Å²) in [5.41, 5.74) is 0. The molecule has 1 N–H and O–H groups in total. The summed E-state index contributed by atoms with van der Waals surface area (Å²) in [6.07, 6.45) is 5.63. The van der Waals surface area contributed by atoms with Gasteiger partial charge in [0, 0.05) is 12.6 Å². The summed E-state index contributed by atoms with van der Waals surface area (Å²) in [6, 6.07) is 0.691. The molecule has 0 amide bonds. The minimum Gasteiger partial charge on any atom is -0.348 e. The monoisotopic (exact) mass is 227 g/mol. The lowest BCUT2D eigenvalue weighted by atomic mass is 9.87. The highest BCUT2D eigenvalue weighted by molar-refractivity contribution is 4.79. The summed E-state index contributed by atoms with van der Waals surface area (Å²) < 4.78 is 11.3. The van der Waals surface area contributed by atoms with Crippen LogP contribution in [0.1, 0.15) is 46.5 Å². The molecule has 0 radical (unpaired) electrons. The quantitative estimate of drug-likeness (QED) is 0.802. The first kappa shape index (κ1) is 12.3. The number of ether oxygens (including phenoxy) is 2. The Labute approximate surface area is 98.9 Å². The predicted molar refractivity (Wildman–Crippen MR) is 64.3 cm³/mol. The largest absolute Gasteiger partial charge is 0.348 e. The average molecular weight is 227 g/mol. The van der Waals surface area contributed by atoms with Gasteiger partial charge in [-0.25, -0.2) is 0 Å². The van der Waals surface area contributed by atoms with Crippen LogP contribution in [0.15, 0.2) is 0 Å². The Kier molecular flexibility index (Phi) is 3.88. The van der Waals surface area contributed by atoms with E-state index in [1.807, 2.05) is 13.8 Å². The number of hydrogen-bond donors (Lipinski definition) is 1. The van der Waals surface area contributed by atoms with Gasteiger partial charge in [-0.3, -0.25) is 0 Å². The van der Waals surface area contributed by atoms with Gasteiger partial charge in [-0.2, -0.15) is 0 Å². The Morgan fingerprint density at radius 2 is 2.12 bits per heavy atom. The molecule has 2 aliphatic rings. The molecule has 3 nitrogen and oxygen atoms in total. The summed E-state index contributed by atoms with van der Waals surface area (Å²) in [5, 5.41) is 3.63. The van der Waals surface area contributed by atoms with E-state index >= 15 is 0 Å². The molecule has 1 saturated heterocycles. The normalized spacial score (nSPS) is 38.8. The van der Waals surface area contributed by atoms with Crippen molar-refractivity contribution in [2.75, 3.05) is 13.2 Å². The molecule has 0 spiro atoms. The molecule has 1 saturated carbocycles. The van der Waals surface area contributed by atoms with Crippen molar-refractivity contribution < 1.29 is 9.47 Å². The van der Waals surface area contributed by atoms with Crippen LogP contribution in [-0.2, 0) is 9.47 Å². The number of nitrogens with one attached hydrogen (secondary N) is 1. The van der Waals surface area contributed by atoms with Crippen molar-refractivity contribution in [3.8, 4) is 0 Å². The molecule has 0 bridgehead atoms. The van der Waals surface area contributed by atoms with Gasteiger partial charge in [0.25, 0.3) is 0 Å². The molecule has 2 rings (SSSR count). The molecule has 0 aromatic carbocycles. The molecule has 2 fully saturated rings. The zero-order valence-electron chi connectivity index (χ0n) is 10.8. The third kappa shape index (κ3) is 3.44. The van der Waals surface area contributed by atoms with Gasteiger partial charge in [0.05, 0.1) is 12.7 Å². The maximum absolute atomic E-state index is 5.78. The summed E-state index contributed by atoms with van der Waals surface area (Å²) in [6.45, 7) is 7.97. The molecule has 16 heavy (non-hydrogen) atoms. The van der Waals surface area contributed by atoms with Crippen LogP contribution in [-0.4, -0.2) is 31.1 Å². The van der Waals surface area contributed by atoms with Crippen LogP contribution in [0.25, 0.3) is 0 Å². The SMILES string of the molecule is CC1CCCC(NCC2COC(C)(C)O2)C1. The van der Waals surface area contributed by atoms with E-state index < -0.39 is 0 Å². The minimum atomic E-state index is -0.383. The van der Waals surface area contributed by atoms with E-state index in [0.717, 1.165) is 19.1 Å². The second-order valence-corrected chi connectivity index (χ2v) is 5.83. The highest BCUT2D eigenvalue weighted by Crippen LogP contribution is 2.25. The Bertz CT molecular complexity index is 228. The summed E-state index contributed by atoms with van der Waals surface area (Å²) in [7, 11) is 0. The molecule has 1 aliphatic carbocycles. The molecular formula is C13H25NO2. The summed E-state index contributed by atoms with van der Waals surface area (Å²) in [4.78, 5) is 0. The van der Waals surface area contributed by atoms with Crippen LogP contribution in [0, 0.1) is 5.92 Å². The van der Waals surface area contributed by atoms with Crippen molar-refractivity contribution in [3.05, 3.63) is 0 Å². The van der Waals surface area contributed by atoms with Crippen molar-refractivity contribution in [2.24, 2.45) is 5.92 Å². The fourth-order valence-electron chi connectivity index (χ4n) is 2.78. The Balaban J connectivity index is 1.68. The Hall–Kier alpha value is -0.120. The van der Waals surface area contributed by atoms with E-state index in [4.69, 9.17) is 9.47 Å². The molecule has 3 unspecified atom stereocenters. The van der Waals surface area contributed by atoms with E-state index in [1.165, 1.54) is 25.7 Å². The Morgan fingerprint density at radius 3 is 2.75 bits per heavy atom. The molecule has 0 aromatic rings. The zero-order valence-corrected chi connectivity index (χ0v) is 10.8. The van der Waals surface area contributed by atoms with Gasteiger partial charge in [0.2, 0.25) is 0 Å². The van der Waals surface area contributed by atoms with Crippen molar-refractivity contribution in [1.29, 1.82) is 0 Å². The van der Waals surface area contributed by atoms with Crippen molar-refractivity contribution in [2.45, 2.75) is 64.4 Å². The van der Waals surface area contributed by atoms with Gasteiger partial charge < -0.3 is 14.8 Å². The molecule has 1 aliphatic heterocycles. The van der Waals surface area contributed by atoms with E-state index in [0.29, 0.717) is 6.04 Å². The maximum Gasteiger partial charge on any atom is 0.163 e. The molecule has 1 heterocycles. The van der Waals surface area contributed by atoms with Crippen LogP contribution >= 0.6 is 0 Å². The van der Waals surface area contributed by atoms with Gasteiger partial charge in [0.15, 0.2) is 5.79 Å². The number of rotatable bonds is 3. The topological polar surface area (TPSA) is 30.5 Å². The average Bonchev–Trinajstić information content (AvgIpc) is 2.56. The van der Waals surface area contributed by atoms with Crippen LogP contribution < -0.4 is 5.32 Å². The standard InChI is InChI=1S/C13H25NO2/c1-10-5-4-6-11(7-10)14-8-12-9-15-13(2,3)16-12/h10-12,14H,4-9H2,1-3H3. The molecule has 3 atom stereocenters. The second kappa shape index (κ2) is 5.03. The van der Waals surface area contributed by atoms with Crippen molar-refractivity contribution in [1.82, 2.24) is 5.32 Å². The Morgan fingerprint density at radius 1 is 1.31 bits per heavy atom. The third-order valence-corrected chi connectivity index (χ3v) is 3.64. The smallest absolute Gasteiger partial charge is 0.163 e. The van der Waals surface area contributed by atoms with Gasteiger partial charge in [-0.1, -0.05) is 19.8 Å². The molecule has 0 aromatic heterocycles. The fraction of sp³-hybridized carbons (Fsp3) is 1.00. The predicted octanol–water partition coefficient (Wildman–Crippen LogP) is 2.31. The summed E-state index contributed by atoms with van der Waals surface area (Å²) in [5.74, 6) is 0.495. The van der Waals surface area contributed by atoms with Gasteiger partial charge in [0.1, 0.15) is 0 Å².